The molecule has 0 spiro atoms. The Morgan fingerprint density at radius 2 is 2.04 bits per heavy atom. The molecule has 0 unspecified atom stereocenters. The fraction of sp³-hybridized carbons (Fsp3) is 0.364. The van der Waals surface area contributed by atoms with Crippen LogP contribution in [0.4, 0.5) is 0 Å². The molecule has 0 radical (unpaired) electrons. The largest absolute Gasteiger partial charge is 0.337 e. The average molecular weight is 360 g/mol. The van der Waals surface area contributed by atoms with Crippen LogP contribution in [0.3, 0.4) is 0 Å². The van der Waals surface area contributed by atoms with Crippen LogP contribution in [-0.4, -0.2) is 38.8 Å². The van der Waals surface area contributed by atoms with E-state index in [4.69, 9.17) is 0 Å². The summed E-state index contributed by atoms with van der Waals surface area (Å²) in [5.74, 6) is 1.24. The van der Waals surface area contributed by atoms with E-state index in [1.807, 2.05) is 30.2 Å². The van der Waals surface area contributed by atoms with Crippen LogP contribution in [0, 0.1) is 12.8 Å². The summed E-state index contributed by atoms with van der Waals surface area (Å²) in [6.45, 7) is 3.40. The first-order valence-corrected chi connectivity index (χ1v) is 9.61. The van der Waals surface area contributed by atoms with Gasteiger partial charge in [0.15, 0.2) is 0 Å². The van der Waals surface area contributed by atoms with Gasteiger partial charge in [0.25, 0.3) is 5.91 Å². The number of likely N-dealkylation sites (tertiary alicyclic amines) is 1. The van der Waals surface area contributed by atoms with E-state index in [9.17, 15) is 4.79 Å². The Bertz CT molecular complexity index is 956. The van der Waals surface area contributed by atoms with Crippen molar-refractivity contribution >= 4 is 16.8 Å². The fourth-order valence-electron chi connectivity index (χ4n) is 3.87. The summed E-state index contributed by atoms with van der Waals surface area (Å²) in [6.07, 6.45) is 7.86. The van der Waals surface area contributed by atoms with E-state index >= 15 is 0 Å². The Labute approximate surface area is 159 Å². The van der Waals surface area contributed by atoms with Crippen LogP contribution in [0.1, 0.15) is 41.1 Å². The van der Waals surface area contributed by atoms with Gasteiger partial charge >= 0.3 is 0 Å². The van der Waals surface area contributed by atoms with Crippen LogP contribution in [0.5, 0.6) is 0 Å². The van der Waals surface area contributed by atoms with E-state index < -0.39 is 0 Å². The Kier molecular flexibility index (Phi) is 5.10. The summed E-state index contributed by atoms with van der Waals surface area (Å²) in [6, 6.07) is 12.2. The smallest absolute Gasteiger partial charge is 0.272 e. The van der Waals surface area contributed by atoms with Crippen molar-refractivity contribution in [2.75, 3.05) is 13.1 Å². The summed E-state index contributed by atoms with van der Waals surface area (Å²) in [5, 5.41) is 1.19. The molecule has 1 aliphatic rings. The molecule has 1 amide bonds. The molecular formula is C22H24N4O. The molecule has 1 atom stereocenters. The van der Waals surface area contributed by atoms with Gasteiger partial charge in [0.05, 0.1) is 5.52 Å². The van der Waals surface area contributed by atoms with Crippen molar-refractivity contribution in [2.24, 2.45) is 5.92 Å². The highest BCUT2D eigenvalue weighted by Gasteiger charge is 2.22. The second-order valence-electron chi connectivity index (χ2n) is 7.32. The average Bonchev–Trinajstić information content (AvgIpc) is 2.93. The van der Waals surface area contributed by atoms with E-state index in [0.717, 1.165) is 44.3 Å². The highest BCUT2D eigenvalue weighted by molar-refractivity contribution is 5.92. The summed E-state index contributed by atoms with van der Waals surface area (Å²) in [7, 11) is 0. The van der Waals surface area contributed by atoms with Gasteiger partial charge in [0, 0.05) is 30.9 Å². The van der Waals surface area contributed by atoms with Crippen molar-refractivity contribution in [1.29, 1.82) is 0 Å². The third-order valence-corrected chi connectivity index (χ3v) is 5.30. The molecule has 1 aromatic carbocycles. The van der Waals surface area contributed by atoms with Gasteiger partial charge in [0.2, 0.25) is 0 Å². The number of pyridine rings is 1. The van der Waals surface area contributed by atoms with Gasteiger partial charge in [-0.15, -0.1) is 0 Å². The zero-order chi connectivity index (χ0) is 18.6. The molecule has 5 heteroatoms. The molecule has 27 heavy (non-hydrogen) atoms. The Morgan fingerprint density at radius 3 is 2.93 bits per heavy atom. The van der Waals surface area contributed by atoms with Crippen LogP contribution in [0.15, 0.2) is 48.8 Å². The van der Waals surface area contributed by atoms with Crippen molar-refractivity contribution in [2.45, 2.75) is 32.6 Å². The Hall–Kier alpha value is -2.82. The molecular weight excluding hydrogens is 336 g/mol. The lowest BCUT2D eigenvalue weighted by Crippen LogP contribution is -2.32. The Morgan fingerprint density at radius 1 is 1.15 bits per heavy atom. The number of nitrogens with zero attached hydrogens (tertiary/aromatic N) is 4. The fourth-order valence-corrected chi connectivity index (χ4v) is 3.87. The van der Waals surface area contributed by atoms with Crippen LogP contribution in [0.2, 0.25) is 0 Å². The number of rotatable bonds is 3. The van der Waals surface area contributed by atoms with Crippen molar-refractivity contribution < 1.29 is 4.79 Å². The first kappa shape index (κ1) is 17.6. The summed E-state index contributed by atoms with van der Waals surface area (Å²) in [4.78, 5) is 27.6. The number of hydrogen-bond acceptors (Lipinski definition) is 4. The SMILES string of the molecule is Cc1nccc(C(=O)N2CCC[C@@H](Cc3cnc4ccccc4c3)CC2)n1. The summed E-state index contributed by atoms with van der Waals surface area (Å²) >= 11 is 0. The maximum atomic E-state index is 12.7. The van der Waals surface area contributed by atoms with E-state index in [0.29, 0.717) is 17.4 Å². The zero-order valence-corrected chi connectivity index (χ0v) is 15.6. The third-order valence-electron chi connectivity index (χ3n) is 5.30. The highest BCUT2D eigenvalue weighted by Crippen LogP contribution is 2.24. The number of aryl methyl sites for hydroxylation is 1. The van der Waals surface area contributed by atoms with Gasteiger partial charge in [-0.1, -0.05) is 18.2 Å². The minimum Gasteiger partial charge on any atom is -0.337 e. The van der Waals surface area contributed by atoms with Gasteiger partial charge in [0.1, 0.15) is 11.5 Å². The van der Waals surface area contributed by atoms with Gasteiger partial charge in [-0.05, 0) is 62.3 Å². The molecule has 5 nitrogen and oxygen atoms in total. The first-order valence-electron chi connectivity index (χ1n) is 9.61. The lowest BCUT2D eigenvalue weighted by Gasteiger charge is -2.20. The molecule has 1 aliphatic heterocycles. The number of para-hydroxylation sites is 1. The number of aromatic nitrogens is 3. The van der Waals surface area contributed by atoms with E-state index in [2.05, 4.69) is 33.2 Å². The molecule has 0 aliphatic carbocycles. The highest BCUT2D eigenvalue weighted by atomic mass is 16.2. The number of carbonyl (C=O) groups is 1. The third kappa shape index (κ3) is 4.13. The van der Waals surface area contributed by atoms with Crippen LogP contribution < -0.4 is 0 Å². The molecule has 2 aromatic heterocycles. The van der Waals surface area contributed by atoms with Crippen molar-refractivity contribution in [3.63, 3.8) is 0 Å². The molecule has 4 rings (SSSR count). The second kappa shape index (κ2) is 7.82. The van der Waals surface area contributed by atoms with Crippen LogP contribution in [0.25, 0.3) is 10.9 Å². The maximum Gasteiger partial charge on any atom is 0.272 e. The molecule has 1 saturated heterocycles. The molecule has 3 aromatic rings. The minimum absolute atomic E-state index is 0.0218. The first-order chi connectivity index (χ1) is 13.2. The van der Waals surface area contributed by atoms with Crippen LogP contribution in [-0.2, 0) is 6.42 Å². The lowest BCUT2D eigenvalue weighted by molar-refractivity contribution is 0.0753. The van der Waals surface area contributed by atoms with E-state index in [1.165, 1.54) is 10.9 Å². The molecule has 0 saturated carbocycles. The number of fused-ring (bicyclic) bond motifs is 1. The number of amides is 1. The Balaban J connectivity index is 1.41. The monoisotopic (exact) mass is 360 g/mol. The lowest BCUT2D eigenvalue weighted by atomic mass is 9.93. The van der Waals surface area contributed by atoms with Gasteiger partial charge < -0.3 is 4.90 Å². The van der Waals surface area contributed by atoms with Gasteiger partial charge in [-0.3, -0.25) is 9.78 Å². The van der Waals surface area contributed by atoms with Crippen molar-refractivity contribution in [3.8, 4) is 0 Å². The predicted molar refractivity (Wildman–Crippen MR) is 105 cm³/mol. The van der Waals surface area contributed by atoms with Gasteiger partial charge in [-0.2, -0.15) is 0 Å². The molecule has 138 valence electrons. The quantitative estimate of drug-likeness (QED) is 0.712. The molecule has 1 fully saturated rings. The van der Waals surface area contributed by atoms with Crippen molar-refractivity contribution in [1.82, 2.24) is 19.9 Å². The summed E-state index contributed by atoms with van der Waals surface area (Å²) in [5.41, 5.74) is 2.82. The van der Waals surface area contributed by atoms with E-state index in [-0.39, 0.29) is 5.91 Å². The predicted octanol–water partition coefficient (Wildman–Crippen LogP) is 3.82. The summed E-state index contributed by atoms with van der Waals surface area (Å²) < 4.78 is 0. The molecule has 0 bridgehead atoms. The standard InChI is InChI=1S/C22H24N4O/c1-16-23-10-8-21(25-16)22(27)26-11-4-5-17(9-12-26)13-18-14-19-6-2-3-7-20(19)24-15-18/h2-3,6-8,10,14-15,17H,4-5,9,11-13H2,1H3/t17-/m1/s1. The van der Waals surface area contributed by atoms with E-state index in [1.54, 1.807) is 12.3 Å². The topological polar surface area (TPSA) is 59.0 Å². The molecule has 0 N–H and O–H groups in total. The maximum absolute atomic E-state index is 12.7. The van der Waals surface area contributed by atoms with Gasteiger partial charge in [-0.25, -0.2) is 9.97 Å². The van der Waals surface area contributed by atoms with Crippen molar-refractivity contribution in [3.05, 3.63) is 65.9 Å². The normalized spacial score (nSPS) is 17.7. The minimum atomic E-state index is 0.0218. The number of benzene rings is 1. The number of carbonyl (C=O) groups excluding carboxylic acids is 1. The number of hydrogen-bond donors (Lipinski definition) is 0. The zero-order valence-electron chi connectivity index (χ0n) is 15.6. The van der Waals surface area contributed by atoms with Crippen LogP contribution >= 0.6 is 0 Å². The molecule has 3 heterocycles. The second-order valence-corrected chi connectivity index (χ2v) is 7.32.